The minimum Gasteiger partial charge on any atom is -0.475 e. The number of rotatable bonds is 15. The van der Waals surface area contributed by atoms with Gasteiger partial charge in [0.2, 0.25) is 5.76 Å². The van der Waals surface area contributed by atoms with Gasteiger partial charge in [0, 0.05) is 6.42 Å². The Morgan fingerprint density at radius 2 is 1.50 bits per heavy atom. The average Bonchev–Trinajstić information content (AvgIpc) is 3.26. The number of ether oxygens (including phenoxy) is 1. The molecule has 0 aromatic heterocycles. The standard InChI is InChI=1S/C18H32O4/c1-2-3-4-5-6-7-9-12-15(19)13-10-8-11-14-16-17(22-16)18(20)21/h15,19H,2-14H2,1H3,(H,20,21)/t15-/m0/s1. The van der Waals surface area contributed by atoms with E-state index in [-0.39, 0.29) is 11.9 Å². The van der Waals surface area contributed by atoms with Crippen LogP contribution in [-0.2, 0) is 9.53 Å². The molecule has 0 saturated heterocycles. The van der Waals surface area contributed by atoms with Gasteiger partial charge in [-0.2, -0.15) is 0 Å². The molecule has 1 heterocycles. The van der Waals surface area contributed by atoms with E-state index in [0.717, 1.165) is 44.9 Å². The maximum Gasteiger partial charge on any atom is 0.375 e. The molecule has 2 N–H and O–H groups in total. The Bertz CT molecular complexity index is 349. The van der Waals surface area contributed by atoms with Crippen LogP contribution in [0.25, 0.3) is 0 Å². The highest BCUT2D eigenvalue weighted by molar-refractivity contribution is 5.88. The van der Waals surface area contributed by atoms with Crippen molar-refractivity contribution in [3.8, 4) is 0 Å². The summed E-state index contributed by atoms with van der Waals surface area (Å²) in [5, 5.41) is 18.6. The van der Waals surface area contributed by atoms with Crippen molar-refractivity contribution < 1.29 is 19.7 Å². The Labute approximate surface area is 134 Å². The van der Waals surface area contributed by atoms with Gasteiger partial charge in [0.05, 0.1) is 6.10 Å². The van der Waals surface area contributed by atoms with Crippen LogP contribution >= 0.6 is 0 Å². The lowest BCUT2D eigenvalue weighted by Gasteiger charge is -2.09. The van der Waals surface area contributed by atoms with Crippen LogP contribution in [0, 0.1) is 0 Å². The van der Waals surface area contributed by atoms with Crippen molar-refractivity contribution in [3.05, 3.63) is 11.5 Å². The fraction of sp³-hybridized carbons (Fsp3) is 0.833. The normalized spacial score (nSPS) is 14.8. The molecule has 0 fully saturated rings. The number of carbonyl (C=O) groups is 1. The zero-order valence-corrected chi connectivity index (χ0v) is 14.0. The van der Waals surface area contributed by atoms with Crippen LogP contribution in [0.15, 0.2) is 11.5 Å². The van der Waals surface area contributed by atoms with E-state index in [1.54, 1.807) is 0 Å². The molecule has 128 valence electrons. The van der Waals surface area contributed by atoms with E-state index >= 15 is 0 Å². The number of hydrogen-bond acceptors (Lipinski definition) is 3. The molecule has 1 atom stereocenters. The first-order valence-corrected chi connectivity index (χ1v) is 8.97. The Morgan fingerprint density at radius 1 is 0.955 bits per heavy atom. The fourth-order valence-electron chi connectivity index (χ4n) is 2.75. The predicted molar refractivity (Wildman–Crippen MR) is 87.4 cm³/mol. The summed E-state index contributed by atoms with van der Waals surface area (Å²) in [7, 11) is 0. The van der Waals surface area contributed by atoms with Gasteiger partial charge in [-0.05, 0) is 19.3 Å². The van der Waals surface area contributed by atoms with Gasteiger partial charge in [0.25, 0.3) is 0 Å². The zero-order chi connectivity index (χ0) is 16.2. The summed E-state index contributed by atoms with van der Waals surface area (Å²) in [6.45, 7) is 2.23. The minimum absolute atomic E-state index is 0.138. The lowest BCUT2D eigenvalue weighted by Crippen LogP contribution is -2.05. The lowest BCUT2D eigenvalue weighted by atomic mass is 10.0. The molecule has 0 aromatic carbocycles. The van der Waals surface area contributed by atoms with Gasteiger partial charge in [-0.1, -0.05) is 64.7 Å². The molecule has 0 saturated carbocycles. The van der Waals surface area contributed by atoms with Crippen LogP contribution in [0.5, 0.6) is 0 Å². The number of allylic oxidation sites excluding steroid dienone is 1. The zero-order valence-electron chi connectivity index (χ0n) is 14.0. The van der Waals surface area contributed by atoms with Crippen LogP contribution in [0.2, 0.25) is 0 Å². The van der Waals surface area contributed by atoms with Gasteiger partial charge in [-0.15, -0.1) is 0 Å². The molecular formula is C18H32O4. The van der Waals surface area contributed by atoms with Crippen LogP contribution < -0.4 is 0 Å². The number of aliphatic hydroxyl groups is 1. The van der Waals surface area contributed by atoms with Gasteiger partial charge in [0.15, 0.2) is 5.76 Å². The molecule has 1 aliphatic rings. The summed E-state index contributed by atoms with van der Waals surface area (Å²) in [4.78, 5) is 10.5. The van der Waals surface area contributed by atoms with Gasteiger partial charge in [0.1, 0.15) is 0 Å². The molecule has 22 heavy (non-hydrogen) atoms. The topological polar surface area (TPSA) is 70.1 Å². The number of unbranched alkanes of at least 4 members (excludes halogenated alkanes) is 8. The Kier molecular flexibility index (Phi) is 9.96. The van der Waals surface area contributed by atoms with Crippen molar-refractivity contribution in [1.29, 1.82) is 0 Å². The van der Waals surface area contributed by atoms with Gasteiger partial charge in [-0.25, -0.2) is 4.79 Å². The van der Waals surface area contributed by atoms with Gasteiger partial charge >= 0.3 is 5.97 Å². The highest BCUT2D eigenvalue weighted by Gasteiger charge is 2.30. The number of aliphatic carboxylic acids is 1. The molecule has 0 aromatic rings. The summed E-state index contributed by atoms with van der Waals surface area (Å²) >= 11 is 0. The SMILES string of the molecule is CCCCCCCCC[C@H](O)CCCCCC1=C(C(=O)O)O1. The Hall–Kier alpha value is -1.03. The third kappa shape index (κ3) is 9.08. The van der Waals surface area contributed by atoms with Crippen molar-refractivity contribution in [2.45, 2.75) is 96.5 Å². The lowest BCUT2D eigenvalue weighted by molar-refractivity contribution is -0.133. The molecule has 1 aliphatic heterocycles. The summed E-state index contributed by atoms with van der Waals surface area (Å²) in [6.07, 6.45) is 14.3. The first kappa shape index (κ1) is 19.0. The molecular weight excluding hydrogens is 280 g/mol. The fourth-order valence-corrected chi connectivity index (χ4v) is 2.75. The highest BCUT2D eigenvalue weighted by atomic mass is 16.6. The Morgan fingerprint density at radius 3 is 2.05 bits per heavy atom. The van der Waals surface area contributed by atoms with Crippen molar-refractivity contribution in [3.63, 3.8) is 0 Å². The van der Waals surface area contributed by atoms with E-state index < -0.39 is 5.97 Å². The minimum atomic E-state index is -0.958. The molecule has 1 rings (SSSR count). The first-order chi connectivity index (χ1) is 10.6. The largest absolute Gasteiger partial charge is 0.475 e. The van der Waals surface area contributed by atoms with Gasteiger partial charge in [-0.3, -0.25) is 0 Å². The van der Waals surface area contributed by atoms with Crippen molar-refractivity contribution in [2.24, 2.45) is 0 Å². The van der Waals surface area contributed by atoms with Crippen molar-refractivity contribution in [1.82, 2.24) is 0 Å². The molecule has 0 spiro atoms. The molecule has 4 heteroatoms. The summed E-state index contributed by atoms with van der Waals surface area (Å²) in [5.41, 5.74) is 0. The van der Waals surface area contributed by atoms with Crippen LogP contribution in [0.3, 0.4) is 0 Å². The maximum atomic E-state index is 10.5. The summed E-state index contributed by atoms with van der Waals surface area (Å²) in [6, 6.07) is 0. The number of hydrogen-bond donors (Lipinski definition) is 2. The second kappa shape index (κ2) is 11.5. The second-order valence-corrected chi connectivity index (χ2v) is 6.32. The third-order valence-corrected chi connectivity index (χ3v) is 4.21. The average molecular weight is 312 g/mol. The van der Waals surface area contributed by atoms with Crippen LogP contribution in [0.4, 0.5) is 0 Å². The van der Waals surface area contributed by atoms with E-state index in [1.165, 1.54) is 38.5 Å². The third-order valence-electron chi connectivity index (χ3n) is 4.21. The van der Waals surface area contributed by atoms with E-state index in [0.29, 0.717) is 5.76 Å². The second-order valence-electron chi connectivity index (χ2n) is 6.32. The summed E-state index contributed by atoms with van der Waals surface area (Å²) < 4.78 is 4.89. The number of carboxylic acid groups (broad SMARTS) is 1. The predicted octanol–water partition coefficient (Wildman–Crippen LogP) is 4.76. The molecule has 0 radical (unpaired) electrons. The molecule has 0 unspecified atom stereocenters. The van der Waals surface area contributed by atoms with E-state index in [2.05, 4.69) is 6.92 Å². The Balaban J connectivity index is 1.83. The van der Waals surface area contributed by atoms with Crippen LogP contribution in [0.1, 0.15) is 90.4 Å². The van der Waals surface area contributed by atoms with Crippen molar-refractivity contribution >= 4 is 5.97 Å². The summed E-state index contributed by atoms with van der Waals surface area (Å²) in [5.74, 6) is -0.185. The quantitative estimate of drug-likeness (QED) is 0.427. The van der Waals surface area contributed by atoms with E-state index in [1.807, 2.05) is 0 Å². The van der Waals surface area contributed by atoms with E-state index in [4.69, 9.17) is 9.84 Å². The maximum absolute atomic E-state index is 10.5. The number of carboxylic acids is 1. The molecule has 0 aliphatic carbocycles. The molecule has 0 amide bonds. The number of aliphatic hydroxyl groups excluding tert-OH is 1. The monoisotopic (exact) mass is 312 g/mol. The van der Waals surface area contributed by atoms with E-state index in [9.17, 15) is 9.90 Å². The first-order valence-electron chi connectivity index (χ1n) is 8.97. The molecule has 4 nitrogen and oxygen atoms in total. The highest BCUT2D eigenvalue weighted by Crippen LogP contribution is 2.31. The molecule has 0 bridgehead atoms. The van der Waals surface area contributed by atoms with Gasteiger partial charge < -0.3 is 14.9 Å². The van der Waals surface area contributed by atoms with Crippen molar-refractivity contribution in [2.75, 3.05) is 0 Å². The smallest absolute Gasteiger partial charge is 0.375 e. The van der Waals surface area contributed by atoms with Crippen LogP contribution in [-0.4, -0.2) is 22.3 Å².